The highest BCUT2D eigenvalue weighted by Crippen LogP contribution is 2.46. The number of aliphatic hydroxyl groups is 1. The van der Waals surface area contributed by atoms with Gasteiger partial charge in [-0.15, -0.1) is 12.3 Å². The maximum absolute atomic E-state index is 14.6. The molecule has 0 spiro atoms. The molecular formula is C51H84N2O15. The molecule has 388 valence electrons. The van der Waals surface area contributed by atoms with Gasteiger partial charge in [0.15, 0.2) is 18.5 Å². The monoisotopic (exact) mass is 965 g/mol. The van der Waals surface area contributed by atoms with Crippen LogP contribution in [0.15, 0.2) is 17.3 Å². The van der Waals surface area contributed by atoms with Crippen molar-refractivity contribution in [1.29, 1.82) is 0 Å². The Morgan fingerprint density at radius 1 is 0.985 bits per heavy atom. The van der Waals surface area contributed by atoms with Gasteiger partial charge in [0.2, 0.25) is 0 Å². The zero-order valence-corrected chi connectivity index (χ0v) is 43.6. The summed E-state index contributed by atoms with van der Waals surface area (Å²) in [6, 6.07) is -0.374. The van der Waals surface area contributed by atoms with Gasteiger partial charge in [0.1, 0.15) is 11.7 Å². The number of carbonyl (C=O) groups is 4. The second-order valence-electron chi connectivity index (χ2n) is 19.8. The number of terminal acetylenes is 1. The molecule has 7 unspecified atom stereocenters. The molecule has 3 heterocycles. The Morgan fingerprint density at radius 2 is 1.63 bits per heavy atom. The first-order chi connectivity index (χ1) is 31.9. The van der Waals surface area contributed by atoms with E-state index in [1.807, 2.05) is 76.3 Å². The van der Waals surface area contributed by atoms with E-state index in [2.05, 4.69) is 22.6 Å². The van der Waals surface area contributed by atoms with Crippen LogP contribution >= 0.6 is 0 Å². The molecule has 3 rings (SSSR count). The molecule has 68 heavy (non-hydrogen) atoms. The van der Waals surface area contributed by atoms with Crippen molar-refractivity contribution >= 4 is 29.6 Å². The quantitative estimate of drug-likeness (QED) is 0.0383. The van der Waals surface area contributed by atoms with E-state index in [1.165, 1.54) is 20.8 Å². The maximum Gasteiger partial charge on any atom is 0.331 e. The molecule has 3 aliphatic rings. The highest BCUT2D eigenvalue weighted by Gasteiger charge is 2.56. The van der Waals surface area contributed by atoms with Gasteiger partial charge >= 0.3 is 23.9 Å². The van der Waals surface area contributed by atoms with Gasteiger partial charge in [0, 0.05) is 65.0 Å². The van der Waals surface area contributed by atoms with Crippen LogP contribution in [0.3, 0.4) is 0 Å². The number of hydrogen-bond acceptors (Lipinski definition) is 17. The SMILES string of the molecule is C#CCCN(C)C1CC(C)O[C@@H](O[C@H]([C@@H](C)[C@H](C2C[C@@](C)(OC)[C@@H](OC(C)=O)C(C)O2)C(C)C(=O)OC(CC)CC)[C@@]2(C)C[C@@H](C)/C(=N\OC(C)=O)C(C)C(CO)OCC(=C)CO2)[C@@H]1OC(C)=O. The number of oxime groups is 1. The molecule has 3 aliphatic heterocycles. The molecule has 1 N–H and O–H groups in total. The summed E-state index contributed by atoms with van der Waals surface area (Å²) in [4.78, 5) is 59.6. The normalized spacial score (nSPS) is 34.2. The van der Waals surface area contributed by atoms with Crippen molar-refractivity contribution in [2.24, 2.45) is 34.7 Å². The minimum atomic E-state index is -1.34. The Hall–Kier alpha value is -3.47. The molecular weight excluding hydrogens is 881 g/mol. The number of carbonyl (C=O) groups excluding carboxylic acids is 4. The van der Waals surface area contributed by atoms with Crippen LogP contribution in [0.5, 0.6) is 0 Å². The lowest BCUT2D eigenvalue weighted by atomic mass is 9.68. The first kappa shape index (κ1) is 58.8. The number of hydrogen-bond donors (Lipinski definition) is 1. The number of aliphatic hydroxyl groups excluding tert-OH is 1. The summed E-state index contributed by atoms with van der Waals surface area (Å²) < 4.78 is 58.6. The number of rotatable bonds is 19. The minimum absolute atomic E-state index is 0.00871. The molecule has 0 radical (unpaired) electrons. The van der Waals surface area contributed by atoms with Crippen molar-refractivity contribution in [3.05, 3.63) is 12.2 Å². The van der Waals surface area contributed by atoms with E-state index < -0.39 is 108 Å². The second-order valence-corrected chi connectivity index (χ2v) is 19.8. The Labute approximate surface area is 405 Å². The Bertz CT molecular complexity index is 1750. The fourth-order valence-electron chi connectivity index (χ4n) is 10.5. The average molecular weight is 965 g/mol. The summed E-state index contributed by atoms with van der Waals surface area (Å²) in [5.74, 6) is -2.66. The molecule has 0 saturated carbocycles. The van der Waals surface area contributed by atoms with E-state index in [1.54, 1.807) is 7.11 Å². The van der Waals surface area contributed by atoms with Gasteiger partial charge in [0.25, 0.3) is 0 Å². The number of esters is 3. The molecule has 0 aromatic carbocycles. The van der Waals surface area contributed by atoms with Gasteiger partial charge in [-0.1, -0.05) is 53.3 Å². The van der Waals surface area contributed by atoms with Gasteiger partial charge < -0.3 is 52.6 Å². The standard InChI is InChI=1S/C51H84N2O15/c1-18-21-22-53(16)40-23-31(6)62-49(45(40)64-36(11)55)67-46(51(15)24-30(5)44(52-68-38(13)57)32(7)42(26-54)60-27-29(4)28-61-51)33(8)43(34(9)48(58)66-39(19-2)20-3)41-25-50(14,59-17)47(35(10)63-41)65-37(12)56/h1,30-35,39-43,45-47,49,54H,4,19-28H2,2-3,5-17H3/b52-44+/t30-,31?,32?,33+,34?,35?,40?,41?,42?,43+,45-,46-,47+,49+,50-,51-/m1/s1. The molecule has 0 amide bonds. The van der Waals surface area contributed by atoms with Crippen LogP contribution in [0.1, 0.15) is 129 Å². The molecule has 3 fully saturated rings. The smallest absolute Gasteiger partial charge is 0.331 e. The van der Waals surface area contributed by atoms with E-state index in [-0.39, 0.29) is 50.9 Å². The predicted molar refractivity (Wildman–Crippen MR) is 254 cm³/mol. The average Bonchev–Trinajstić information content (AvgIpc) is 3.28. The van der Waals surface area contributed by atoms with Crippen molar-refractivity contribution in [2.75, 3.05) is 40.5 Å². The molecule has 16 atom stereocenters. The van der Waals surface area contributed by atoms with Crippen LogP contribution < -0.4 is 0 Å². The lowest BCUT2D eigenvalue weighted by molar-refractivity contribution is -0.308. The topological polar surface area (TPSA) is 196 Å². The third kappa shape index (κ3) is 15.5. The third-order valence-electron chi connectivity index (χ3n) is 14.2. The summed E-state index contributed by atoms with van der Waals surface area (Å²) in [6.45, 7) is 27.4. The van der Waals surface area contributed by atoms with E-state index in [4.69, 9.17) is 53.9 Å². The van der Waals surface area contributed by atoms with E-state index in [0.29, 0.717) is 43.5 Å². The molecule has 0 aromatic rings. The molecule has 0 aliphatic carbocycles. The van der Waals surface area contributed by atoms with Gasteiger partial charge in [-0.3, -0.25) is 19.3 Å². The molecule has 17 nitrogen and oxygen atoms in total. The Kier molecular flexibility index (Phi) is 23.1. The first-order valence-electron chi connectivity index (χ1n) is 24.4. The second kappa shape index (κ2) is 26.7. The Morgan fingerprint density at radius 3 is 2.19 bits per heavy atom. The molecule has 3 saturated heterocycles. The van der Waals surface area contributed by atoms with E-state index in [9.17, 15) is 24.3 Å². The van der Waals surface area contributed by atoms with Gasteiger partial charge in [-0.05, 0) is 71.9 Å². The van der Waals surface area contributed by atoms with Crippen molar-refractivity contribution < 1.29 is 71.8 Å². The third-order valence-corrected chi connectivity index (χ3v) is 14.2. The van der Waals surface area contributed by atoms with Crippen molar-refractivity contribution in [2.45, 2.75) is 201 Å². The number of ether oxygens (including phenoxy) is 9. The maximum atomic E-state index is 14.6. The van der Waals surface area contributed by atoms with Crippen LogP contribution in [0.25, 0.3) is 0 Å². The zero-order chi connectivity index (χ0) is 51.3. The number of likely N-dealkylation sites (N-methyl/N-ethyl adjacent to an activating group) is 1. The fourth-order valence-corrected chi connectivity index (χ4v) is 10.5. The number of nitrogens with zero attached hydrogens (tertiary/aromatic N) is 2. The van der Waals surface area contributed by atoms with Gasteiger partial charge in [-0.2, -0.15) is 0 Å². The van der Waals surface area contributed by atoms with Crippen LogP contribution in [-0.2, 0) is 66.6 Å². The summed E-state index contributed by atoms with van der Waals surface area (Å²) in [5, 5.41) is 14.9. The van der Waals surface area contributed by atoms with E-state index >= 15 is 0 Å². The highest BCUT2D eigenvalue weighted by atomic mass is 16.7. The van der Waals surface area contributed by atoms with E-state index in [0.717, 1.165) is 0 Å². The lowest BCUT2D eigenvalue weighted by Crippen LogP contribution is -2.63. The van der Waals surface area contributed by atoms with Crippen LogP contribution in [0.2, 0.25) is 0 Å². The predicted octanol–water partition coefficient (Wildman–Crippen LogP) is 6.20. The van der Waals surface area contributed by atoms with Crippen molar-refractivity contribution in [1.82, 2.24) is 4.90 Å². The minimum Gasteiger partial charge on any atom is -0.462 e. The van der Waals surface area contributed by atoms with Crippen LogP contribution in [0, 0.1) is 41.9 Å². The zero-order valence-electron chi connectivity index (χ0n) is 43.6. The van der Waals surface area contributed by atoms with Gasteiger partial charge in [-0.25, -0.2) is 4.79 Å². The summed E-state index contributed by atoms with van der Waals surface area (Å²) >= 11 is 0. The Balaban J connectivity index is 2.43. The number of methoxy groups -OCH3 is 1. The van der Waals surface area contributed by atoms with Crippen LogP contribution in [-0.4, -0.2) is 152 Å². The van der Waals surface area contributed by atoms with Crippen molar-refractivity contribution in [3.63, 3.8) is 0 Å². The summed E-state index contributed by atoms with van der Waals surface area (Å²) in [7, 11) is 3.48. The lowest BCUT2D eigenvalue weighted by Gasteiger charge is -2.52. The summed E-state index contributed by atoms with van der Waals surface area (Å²) in [5.41, 5.74) is -1.40. The fraction of sp³-hybridized carbons (Fsp3) is 0.824. The first-order valence-corrected chi connectivity index (χ1v) is 24.4. The summed E-state index contributed by atoms with van der Waals surface area (Å²) in [6.07, 6.45) is 1.51. The van der Waals surface area contributed by atoms with Crippen LogP contribution in [0.4, 0.5) is 0 Å². The highest BCUT2D eigenvalue weighted by molar-refractivity contribution is 5.89. The largest absolute Gasteiger partial charge is 0.462 e. The van der Waals surface area contributed by atoms with Gasteiger partial charge in [0.05, 0.1) is 73.6 Å². The van der Waals surface area contributed by atoms with Crippen molar-refractivity contribution in [3.8, 4) is 12.3 Å². The molecule has 0 aromatic heterocycles. The molecule has 0 bridgehead atoms. The molecule has 17 heteroatoms.